The fourth-order valence-electron chi connectivity index (χ4n) is 3.54. The molecule has 174 valence electrons. The van der Waals surface area contributed by atoms with Crippen LogP contribution in [0, 0.1) is 10.1 Å². The molecule has 0 aliphatic rings. The molecule has 34 heavy (non-hydrogen) atoms. The second kappa shape index (κ2) is 10.3. The van der Waals surface area contributed by atoms with Crippen molar-refractivity contribution < 1.29 is 9.72 Å². The Morgan fingerprint density at radius 3 is 2.82 bits per heavy atom. The van der Waals surface area contributed by atoms with Crippen LogP contribution in [0.2, 0.25) is 0 Å². The molecule has 4 aromatic rings. The number of fused-ring (bicyclic) bond motifs is 1. The van der Waals surface area contributed by atoms with Gasteiger partial charge in [-0.3, -0.25) is 24.3 Å². The third-order valence-electron chi connectivity index (χ3n) is 5.14. The molecular formula is C23H22N6O4S. The summed E-state index contributed by atoms with van der Waals surface area (Å²) in [5, 5.41) is 18.5. The summed E-state index contributed by atoms with van der Waals surface area (Å²) in [6, 6.07) is 13.6. The highest BCUT2D eigenvalue weighted by molar-refractivity contribution is 7.99. The van der Waals surface area contributed by atoms with E-state index in [1.807, 2.05) is 25.1 Å². The van der Waals surface area contributed by atoms with E-state index in [1.165, 1.54) is 29.2 Å². The third-order valence-corrected chi connectivity index (χ3v) is 6.09. The van der Waals surface area contributed by atoms with Crippen molar-refractivity contribution >= 4 is 34.4 Å². The smallest absolute Gasteiger partial charge is 0.269 e. The zero-order chi connectivity index (χ0) is 24.1. The first kappa shape index (κ1) is 23.2. The lowest BCUT2D eigenvalue weighted by atomic mass is 10.2. The maximum absolute atomic E-state index is 12.9. The quantitative estimate of drug-likeness (QED) is 0.223. The zero-order valence-electron chi connectivity index (χ0n) is 18.4. The number of carbonyl (C=O) groups excluding carboxylic acids is 1. The summed E-state index contributed by atoms with van der Waals surface area (Å²) in [5.41, 5.74) is 1.33. The number of nitrogens with zero attached hydrogens (tertiary/aromatic N) is 5. The van der Waals surface area contributed by atoms with Crippen molar-refractivity contribution in [2.45, 2.75) is 24.9 Å². The highest BCUT2D eigenvalue weighted by Gasteiger charge is 2.13. The summed E-state index contributed by atoms with van der Waals surface area (Å²) in [6.07, 6.45) is 2.85. The Morgan fingerprint density at radius 1 is 1.21 bits per heavy atom. The molecule has 0 radical (unpaired) electrons. The SMILES string of the molecule is CCSc1ccccc1C(=O)NCCn1ncc2c(=O)n(Cc3cccc([N+](=O)[O-])c3)cnc21. The number of rotatable bonds is 9. The van der Waals surface area contributed by atoms with Gasteiger partial charge in [0.25, 0.3) is 17.2 Å². The maximum Gasteiger partial charge on any atom is 0.269 e. The van der Waals surface area contributed by atoms with E-state index in [0.717, 1.165) is 10.6 Å². The van der Waals surface area contributed by atoms with Gasteiger partial charge in [0.1, 0.15) is 11.7 Å². The Labute approximate surface area is 198 Å². The van der Waals surface area contributed by atoms with Crippen LogP contribution in [0.1, 0.15) is 22.8 Å². The van der Waals surface area contributed by atoms with Crippen molar-refractivity contribution in [3.63, 3.8) is 0 Å². The molecule has 2 aromatic carbocycles. The van der Waals surface area contributed by atoms with Gasteiger partial charge < -0.3 is 5.32 Å². The number of benzene rings is 2. The van der Waals surface area contributed by atoms with E-state index < -0.39 is 4.92 Å². The summed E-state index contributed by atoms with van der Waals surface area (Å²) >= 11 is 1.61. The first-order chi connectivity index (χ1) is 16.5. The highest BCUT2D eigenvalue weighted by Crippen LogP contribution is 2.22. The number of nitrogens with one attached hydrogen (secondary N) is 1. The van der Waals surface area contributed by atoms with Crippen LogP contribution >= 0.6 is 11.8 Å². The molecule has 2 aromatic heterocycles. The number of carbonyl (C=O) groups is 1. The number of nitro groups is 1. The summed E-state index contributed by atoms with van der Waals surface area (Å²) < 4.78 is 2.96. The van der Waals surface area contributed by atoms with Gasteiger partial charge in [-0.05, 0) is 23.4 Å². The van der Waals surface area contributed by atoms with E-state index in [2.05, 4.69) is 15.4 Å². The van der Waals surface area contributed by atoms with E-state index in [-0.39, 0.29) is 23.7 Å². The van der Waals surface area contributed by atoms with Gasteiger partial charge in [-0.2, -0.15) is 5.10 Å². The Morgan fingerprint density at radius 2 is 2.03 bits per heavy atom. The number of hydrogen-bond donors (Lipinski definition) is 1. The molecule has 0 spiro atoms. The molecule has 10 nitrogen and oxygen atoms in total. The van der Waals surface area contributed by atoms with Crippen molar-refractivity contribution in [3.05, 3.63) is 92.7 Å². The van der Waals surface area contributed by atoms with Crippen LogP contribution in [-0.2, 0) is 13.1 Å². The monoisotopic (exact) mass is 478 g/mol. The lowest BCUT2D eigenvalue weighted by Crippen LogP contribution is -2.28. The van der Waals surface area contributed by atoms with Crippen molar-refractivity contribution in [1.29, 1.82) is 0 Å². The molecular weight excluding hydrogens is 456 g/mol. The number of aromatic nitrogens is 4. The normalized spacial score (nSPS) is 11.0. The molecule has 11 heteroatoms. The minimum Gasteiger partial charge on any atom is -0.350 e. The van der Waals surface area contributed by atoms with Gasteiger partial charge in [0.2, 0.25) is 0 Å². The van der Waals surface area contributed by atoms with Crippen molar-refractivity contribution in [2.75, 3.05) is 12.3 Å². The summed E-state index contributed by atoms with van der Waals surface area (Å²) in [6.45, 7) is 2.85. The molecule has 0 atom stereocenters. The van der Waals surface area contributed by atoms with Gasteiger partial charge in [0.05, 0.1) is 29.8 Å². The average molecular weight is 479 g/mol. The molecule has 1 amide bonds. The topological polar surface area (TPSA) is 125 Å². The third kappa shape index (κ3) is 4.99. The summed E-state index contributed by atoms with van der Waals surface area (Å²) in [7, 11) is 0. The lowest BCUT2D eigenvalue weighted by Gasteiger charge is -2.10. The molecule has 4 rings (SSSR count). The van der Waals surface area contributed by atoms with Gasteiger partial charge in [0.15, 0.2) is 5.65 Å². The Bertz CT molecular complexity index is 1410. The number of non-ortho nitro benzene ring substituents is 1. The van der Waals surface area contributed by atoms with E-state index >= 15 is 0 Å². The van der Waals surface area contributed by atoms with Crippen LogP contribution in [0.5, 0.6) is 0 Å². The minimum atomic E-state index is -0.474. The van der Waals surface area contributed by atoms with Crippen LogP contribution in [0.25, 0.3) is 11.0 Å². The Kier molecular flexibility index (Phi) is 7.02. The lowest BCUT2D eigenvalue weighted by molar-refractivity contribution is -0.384. The second-order valence-electron chi connectivity index (χ2n) is 7.39. The first-order valence-corrected chi connectivity index (χ1v) is 11.6. The van der Waals surface area contributed by atoms with Crippen LogP contribution < -0.4 is 10.9 Å². The van der Waals surface area contributed by atoms with Gasteiger partial charge in [-0.15, -0.1) is 11.8 Å². The van der Waals surface area contributed by atoms with Gasteiger partial charge in [-0.1, -0.05) is 31.2 Å². The second-order valence-corrected chi connectivity index (χ2v) is 8.70. The number of amides is 1. The van der Waals surface area contributed by atoms with Crippen LogP contribution in [0.15, 0.2) is 70.7 Å². The average Bonchev–Trinajstić information content (AvgIpc) is 3.25. The Balaban J connectivity index is 1.46. The zero-order valence-corrected chi connectivity index (χ0v) is 19.2. The first-order valence-electron chi connectivity index (χ1n) is 10.6. The van der Waals surface area contributed by atoms with Crippen molar-refractivity contribution in [2.24, 2.45) is 0 Å². The molecule has 0 unspecified atom stereocenters. The highest BCUT2D eigenvalue weighted by atomic mass is 32.2. The van der Waals surface area contributed by atoms with Crippen LogP contribution in [0.4, 0.5) is 5.69 Å². The largest absolute Gasteiger partial charge is 0.350 e. The van der Waals surface area contributed by atoms with Crippen LogP contribution in [0.3, 0.4) is 0 Å². The standard InChI is InChI=1S/C23H22N6O4S/c1-2-34-20-9-4-3-8-18(20)22(30)24-10-11-28-21-19(13-26-28)23(31)27(15-25-21)14-16-6-5-7-17(12-16)29(32)33/h3-9,12-13,15H,2,10-11,14H2,1H3,(H,24,30). The predicted octanol–water partition coefficient (Wildman–Crippen LogP) is 3.09. The molecule has 0 saturated heterocycles. The molecule has 0 bridgehead atoms. The number of nitro benzene ring substituents is 1. The Hall–Kier alpha value is -3.99. The van der Waals surface area contributed by atoms with Gasteiger partial charge in [-0.25, -0.2) is 9.67 Å². The molecule has 0 saturated carbocycles. The number of thioether (sulfide) groups is 1. The van der Waals surface area contributed by atoms with Crippen molar-refractivity contribution in [3.8, 4) is 0 Å². The summed E-state index contributed by atoms with van der Waals surface area (Å²) in [5.74, 6) is 0.703. The predicted molar refractivity (Wildman–Crippen MR) is 129 cm³/mol. The maximum atomic E-state index is 12.9. The van der Waals surface area contributed by atoms with E-state index in [9.17, 15) is 19.7 Å². The fraction of sp³-hybridized carbons (Fsp3) is 0.217. The van der Waals surface area contributed by atoms with Gasteiger partial charge >= 0.3 is 0 Å². The minimum absolute atomic E-state index is 0.0367. The van der Waals surface area contributed by atoms with Gasteiger partial charge in [0, 0.05) is 23.6 Å². The van der Waals surface area contributed by atoms with E-state index in [1.54, 1.807) is 34.6 Å². The number of hydrogen-bond acceptors (Lipinski definition) is 7. The van der Waals surface area contributed by atoms with E-state index in [0.29, 0.717) is 35.2 Å². The van der Waals surface area contributed by atoms with Crippen molar-refractivity contribution in [1.82, 2.24) is 24.6 Å². The molecule has 0 aliphatic heterocycles. The van der Waals surface area contributed by atoms with E-state index in [4.69, 9.17) is 0 Å². The summed E-state index contributed by atoms with van der Waals surface area (Å²) in [4.78, 5) is 41.3. The molecule has 1 N–H and O–H groups in total. The molecule has 0 fully saturated rings. The molecule has 0 aliphatic carbocycles. The fourth-order valence-corrected chi connectivity index (χ4v) is 4.35. The van der Waals surface area contributed by atoms with Crippen LogP contribution in [-0.4, -0.2) is 42.5 Å². The molecule has 2 heterocycles.